The molecule has 0 bridgehead atoms. The van der Waals surface area contributed by atoms with Gasteiger partial charge in [0.1, 0.15) is 5.82 Å². The number of nitrogens with one attached hydrogen (secondary N) is 1. The molecule has 6 nitrogen and oxygen atoms in total. The van der Waals surface area contributed by atoms with Crippen molar-refractivity contribution >= 4 is 38.1 Å². The summed E-state index contributed by atoms with van der Waals surface area (Å²) >= 11 is 3.34. The smallest absolute Gasteiger partial charge is 0.255 e. The Morgan fingerprint density at radius 2 is 1.65 bits per heavy atom. The molecule has 0 aliphatic heterocycles. The van der Waals surface area contributed by atoms with Crippen LogP contribution in [-0.2, 0) is 21.4 Å². The number of carbonyl (C=O) groups excluding carboxylic acids is 1. The van der Waals surface area contributed by atoms with Gasteiger partial charge in [-0.3, -0.25) is 4.79 Å². The summed E-state index contributed by atoms with van der Waals surface area (Å²) in [5, 5.41) is 3.89. The number of hydrogen-bond acceptors (Lipinski definition) is 4. The van der Waals surface area contributed by atoms with Gasteiger partial charge in [0.25, 0.3) is 5.91 Å². The number of nitrogens with zero attached hydrogens (tertiary/aromatic N) is 2. The Morgan fingerprint density at radius 3 is 2.29 bits per heavy atom. The molecule has 3 aromatic rings. The van der Waals surface area contributed by atoms with Crippen molar-refractivity contribution in [2.24, 2.45) is 5.10 Å². The molecule has 0 aliphatic carbocycles. The van der Waals surface area contributed by atoms with Crippen LogP contribution in [0.3, 0.4) is 0 Å². The van der Waals surface area contributed by atoms with Gasteiger partial charge < -0.3 is 0 Å². The monoisotopic (exact) mass is 503 g/mol. The van der Waals surface area contributed by atoms with E-state index in [0.29, 0.717) is 5.56 Å². The second-order valence-corrected chi connectivity index (χ2v) is 9.41. The molecule has 1 N–H and O–H groups in total. The van der Waals surface area contributed by atoms with E-state index < -0.39 is 28.3 Å². The Morgan fingerprint density at radius 1 is 1.00 bits per heavy atom. The predicted molar refractivity (Wildman–Crippen MR) is 120 cm³/mol. The summed E-state index contributed by atoms with van der Waals surface area (Å²) in [5.41, 5.74) is 3.66. The van der Waals surface area contributed by atoms with Crippen LogP contribution in [0.15, 0.2) is 93.3 Å². The molecular weight excluding hydrogens is 485 g/mol. The molecule has 0 radical (unpaired) electrons. The van der Waals surface area contributed by atoms with Gasteiger partial charge in [0.15, 0.2) is 0 Å². The Balaban J connectivity index is 1.76. The molecule has 1 amide bonds. The van der Waals surface area contributed by atoms with Gasteiger partial charge in [-0.2, -0.15) is 9.41 Å². The standard InChI is InChI=1S/C22H19BrFN3O3S/c23-19-10-6-17(7-11-19)14-25-26-22(28)16-27(15-18-8-12-20(24)13-9-18)31(29,30)21-4-2-1-3-5-21/h1-14H,15-16H2,(H,26,28)/b25-14-. The number of amides is 1. The molecule has 0 atom stereocenters. The molecule has 0 saturated carbocycles. The van der Waals surface area contributed by atoms with Gasteiger partial charge in [0.05, 0.1) is 17.7 Å². The SMILES string of the molecule is O=C(CN(Cc1ccc(F)cc1)S(=O)(=O)c1ccccc1)N/N=C\c1ccc(Br)cc1. The summed E-state index contributed by atoms with van der Waals surface area (Å²) in [7, 11) is -3.96. The van der Waals surface area contributed by atoms with Crippen molar-refractivity contribution in [1.82, 2.24) is 9.73 Å². The summed E-state index contributed by atoms with van der Waals surface area (Å²) in [6, 6.07) is 20.5. The third-order valence-corrected chi connectivity index (χ3v) is 6.58. The van der Waals surface area contributed by atoms with Gasteiger partial charge in [-0.25, -0.2) is 18.2 Å². The average molecular weight is 504 g/mol. The van der Waals surface area contributed by atoms with Crippen LogP contribution in [0.5, 0.6) is 0 Å². The molecule has 0 fully saturated rings. The number of halogens is 2. The predicted octanol–water partition coefficient (Wildman–Crippen LogP) is 3.93. The van der Waals surface area contributed by atoms with Crippen LogP contribution in [0.1, 0.15) is 11.1 Å². The quantitative estimate of drug-likeness (QED) is 0.373. The van der Waals surface area contributed by atoms with E-state index in [-0.39, 0.29) is 11.4 Å². The van der Waals surface area contributed by atoms with Crippen LogP contribution in [0.25, 0.3) is 0 Å². The van der Waals surface area contributed by atoms with Crippen molar-refractivity contribution in [3.05, 3.63) is 100 Å². The van der Waals surface area contributed by atoms with Crippen molar-refractivity contribution in [2.45, 2.75) is 11.4 Å². The van der Waals surface area contributed by atoms with E-state index in [2.05, 4.69) is 26.5 Å². The lowest BCUT2D eigenvalue weighted by Gasteiger charge is -2.21. The van der Waals surface area contributed by atoms with Crippen LogP contribution in [0, 0.1) is 5.82 Å². The highest BCUT2D eigenvalue weighted by Crippen LogP contribution is 2.18. The summed E-state index contributed by atoms with van der Waals surface area (Å²) in [6.45, 7) is -0.548. The van der Waals surface area contributed by atoms with Gasteiger partial charge >= 0.3 is 0 Å². The van der Waals surface area contributed by atoms with Crippen LogP contribution in [-0.4, -0.2) is 31.4 Å². The number of carbonyl (C=O) groups is 1. The van der Waals surface area contributed by atoms with E-state index in [0.717, 1.165) is 14.3 Å². The molecular formula is C22H19BrFN3O3S. The normalized spacial score (nSPS) is 11.7. The first-order chi connectivity index (χ1) is 14.8. The maximum atomic E-state index is 13.2. The van der Waals surface area contributed by atoms with Crippen LogP contribution < -0.4 is 5.43 Å². The van der Waals surface area contributed by atoms with Crippen molar-refractivity contribution in [3.63, 3.8) is 0 Å². The van der Waals surface area contributed by atoms with Crippen molar-refractivity contribution in [1.29, 1.82) is 0 Å². The third-order valence-electron chi connectivity index (χ3n) is 4.25. The van der Waals surface area contributed by atoms with Crippen LogP contribution in [0.2, 0.25) is 0 Å². The lowest BCUT2D eigenvalue weighted by Crippen LogP contribution is -2.39. The first kappa shape index (κ1) is 22.8. The van der Waals surface area contributed by atoms with E-state index in [1.165, 1.54) is 42.6 Å². The van der Waals surface area contributed by atoms with Crippen molar-refractivity contribution in [2.75, 3.05) is 6.54 Å². The van der Waals surface area contributed by atoms with Crippen LogP contribution in [0.4, 0.5) is 4.39 Å². The number of sulfonamides is 1. The molecule has 160 valence electrons. The molecule has 0 saturated heterocycles. The Hall–Kier alpha value is -2.88. The molecule has 0 spiro atoms. The first-order valence-corrected chi connectivity index (χ1v) is 11.4. The molecule has 0 aliphatic rings. The summed E-state index contributed by atoms with van der Waals surface area (Å²) in [5.74, 6) is -1.03. The molecule has 31 heavy (non-hydrogen) atoms. The Labute approximate surface area is 188 Å². The van der Waals surface area contributed by atoms with Gasteiger partial charge in [-0.1, -0.05) is 58.4 Å². The Bertz CT molecular complexity index is 1150. The molecule has 3 rings (SSSR count). The maximum absolute atomic E-state index is 13.2. The maximum Gasteiger partial charge on any atom is 0.255 e. The molecule has 3 aromatic carbocycles. The third kappa shape index (κ3) is 6.55. The second-order valence-electron chi connectivity index (χ2n) is 6.56. The average Bonchev–Trinajstić information content (AvgIpc) is 2.77. The fourth-order valence-electron chi connectivity index (χ4n) is 2.68. The zero-order chi connectivity index (χ0) is 22.3. The zero-order valence-electron chi connectivity index (χ0n) is 16.3. The van der Waals surface area contributed by atoms with Crippen molar-refractivity contribution < 1.29 is 17.6 Å². The fourth-order valence-corrected chi connectivity index (χ4v) is 4.35. The van der Waals surface area contributed by atoms with Gasteiger partial charge in [-0.05, 0) is 47.5 Å². The largest absolute Gasteiger partial charge is 0.272 e. The summed E-state index contributed by atoms with van der Waals surface area (Å²) in [4.78, 5) is 12.5. The first-order valence-electron chi connectivity index (χ1n) is 9.22. The van der Waals surface area contributed by atoms with E-state index >= 15 is 0 Å². The van der Waals surface area contributed by atoms with Gasteiger partial charge in [0, 0.05) is 11.0 Å². The minimum absolute atomic E-state index is 0.0586. The fraction of sp³-hybridized carbons (Fsp3) is 0.0909. The number of hydrogen-bond donors (Lipinski definition) is 1. The lowest BCUT2D eigenvalue weighted by atomic mass is 10.2. The summed E-state index contributed by atoms with van der Waals surface area (Å²) < 4.78 is 41.4. The van der Waals surface area contributed by atoms with E-state index in [1.54, 1.807) is 30.3 Å². The molecule has 0 aromatic heterocycles. The Kier molecular flexibility index (Phi) is 7.67. The van der Waals surface area contributed by atoms with E-state index in [1.807, 2.05) is 12.1 Å². The minimum Gasteiger partial charge on any atom is -0.272 e. The highest BCUT2D eigenvalue weighted by molar-refractivity contribution is 9.10. The minimum atomic E-state index is -3.96. The zero-order valence-corrected chi connectivity index (χ0v) is 18.7. The van der Waals surface area contributed by atoms with Crippen molar-refractivity contribution in [3.8, 4) is 0 Å². The van der Waals surface area contributed by atoms with Gasteiger partial charge in [-0.15, -0.1) is 0 Å². The highest BCUT2D eigenvalue weighted by atomic mass is 79.9. The molecule has 0 unspecified atom stereocenters. The number of hydrazone groups is 1. The summed E-state index contributed by atoms with van der Waals surface area (Å²) in [6.07, 6.45) is 1.46. The highest BCUT2D eigenvalue weighted by Gasteiger charge is 2.26. The van der Waals surface area contributed by atoms with E-state index in [9.17, 15) is 17.6 Å². The second kappa shape index (κ2) is 10.4. The lowest BCUT2D eigenvalue weighted by molar-refractivity contribution is -0.121. The van der Waals surface area contributed by atoms with Gasteiger partial charge in [0.2, 0.25) is 10.0 Å². The van der Waals surface area contributed by atoms with E-state index in [4.69, 9.17) is 0 Å². The molecule has 0 heterocycles. The topological polar surface area (TPSA) is 78.8 Å². The number of rotatable bonds is 8. The molecule has 9 heteroatoms. The van der Waals surface area contributed by atoms with Crippen LogP contribution >= 0.6 is 15.9 Å². The number of benzene rings is 3.